The van der Waals surface area contributed by atoms with Gasteiger partial charge in [-0.3, -0.25) is 0 Å². The van der Waals surface area contributed by atoms with E-state index in [9.17, 15) is 0 Å². The fraction of sp³-hybridized carbons (Fsp3) is 0.571. The molecule has 1 aliphatic carbocycles. The normalized spacial score (nSPS) is 23.3. The molecule has 0 fully saturated rings. The van der Waals surface area contributed by atoms with Crippen LogP contribution in [0.3, 0.4) is 0 Å². The average Bonchev–Trinajstić information content (AvgIpc) is 2.27. The van der Waals surface area contributed by atoms with Gasteiger partial charge in [0, 0.05) is 6.04 Å². The molecule has 0 saturated carbocycles. The summed E-state index contributed by atoms with van der Waals surface area (Å²) in [4.78, 5) is 0. The van der Waals surface area contributed by atoms with Gasteiger partial charge in [0.2, 0.25) is 0 Å². The van der Waals surface area contributed by atoms with Crippen LogP contribution in [-0.4, -0.2) is 13.1 Å². The van der Waals surface area contributed by atoms with Gasteiger partial charge in [0.25, 0.3) is 0 Å². The third-order valence-electron chi connectivity index (χ3n) is 2.97. The molecule has 1 heteroatoms. The molecule has 0 spiro atoms. The average molecular weight is 205 g/mol. The van der Waals surface area contributed by atoms with E-state index in [-0.39, 0.29) is 0 Å². The highest BCUT2D eigenvalue weighted by Gasteiger charge is 2.16. The molecule has 0 radical (unpaired) electrons. The molecular formula is C14H23N. The van der Waals surface area contributed by atoms with Crippen LogP contribution in [0.25, 0.3) is 0 Å². The van der Waals surface area contributed by atoms with Crippen molar-refractivity contribution < 1.29 is 0 Å². The summed E-state index contributed by atoms with van der Waals surface area (Å²) in [6.45, 7) is 4.28. The first-order valence-electron chi connectivity index (χ1n) is 6.00. The van der Waals surface area contributed by atoms with Gasteiger partial charge >= 0.3 is 0 Å². The Morgan fingerprint density at radius 1 is 1.33 bits per heavy atom. The lowest BCUT2D eigenvalue weighted by Crippen LogP contribution is -2.28. The van der Waals surface area contributed by atoms with Crippen LogP contribution in [0.4, 0.5) is 0 Å². The SMILES string of the molecule is C/C=C\C1=C(/C=C\CC)CCC(NC)C1. The molecule has 0 amide bonds. The van der Waals surface area contributed by atoms with Crippen molar-refractivity contribution in [3.63, 3.8) is 0 Å². The van der Waals surface area contributed by atoms with Gasteiger partial charge in [0.05, 0.1) is 0 Å². The Balaban J connectivity index is 2.80. The first-order chi connectivity index (χ1) is 7.31. The summed E-state index contributed by atoms with van der Waals surface area (Å²) in [6, 6.07) is 0.662. The lowest BCUT2D eigenvalue weighted by Gasteiger charge is -2.24. The van der Waals surface area contributed by atoms with Crippen molar-refractivity contribution in [2.24, 2.45) is 0 Å². The summed E-state index contributed by atoms with van der Waals surface area (Å²) < 4.78 is 0. The summed E-state index contributed by atoms with van der Waals surface area (Å²) in [5, 5.41) is 3.38. The summed E-state index contributed by atoms with van der Waals surface area (Å²) in [5.41, 5.74) is 3.04. The maximum Gasteiger partial charge on any atom is 0.0108 e. The molecule has 15 heavy (non-hydrogen) atoms. The fourth-order valence-electron chi connectivity index (χ4n) is 2.06. The van der Waals surface area contributed by atoms with Crippen molar-refractivity contribution in [3.05, 3.63) is 35.5 Å². The van der Waals surface area contributed by atoms with Gasteiger partial charge in [-0.15, -0.1) is 0 Å². The minimum atomic E-state index is 0.662. The first-order valence-corrected chi connectivity index (χ1v) is 6.00. The highest BCUT2D eigenvalue weighted by atomic mass is 14.9. The van der Waals surface area contributed by atoms with E-state index in [2.05, 4.69) is 50.5 Å². The lowest BCUT2D eigenvalue weighted by atomic mass is 9.87. The van der Waals surface area contributed by atoms with Gasteiger partial charge in [0.1, 0.15) is 0 Å². The van der Waals surface area contributed by atoms with Crippen molar-refractivity contribution in [2.75, 3.05) is 7.05 Å². The third kappa shape index (κ3) is 3.67. The maximum absolute atomic E-state index is 3.38. The van der Waals surface area contributed by atoms with Gasteiger partial charge in [-0.2, -0.15) is 0 Å². The highest BCUT2D eigenvalue weighted by Crippen LogP contribution is 2.27. The minimum absolute atomic E-state index is 0.662. The summed E-state index contributed by atoms with van der Waals surface area (Å²) in [5.74, 6) is 0. The standard InChI is InChI=1S/C14H23N/c1-4-6-8-12-9-10-14(15-3)11-13(12)7-5-2/h5-8,14-15H,4,9-11H2,1-3H3/b7-5-,8-6-. The molecule has 1 nitrogen and oxygen atoms in total. The molecule has 0 bridgehead atoms. The van der Waals surface area contributed by atoms with Crippen molar-refractivity contribution in [2.45, 2.75) is 45.6 Å². The zero-order chi connectivity index (χ0) is 11.1. The topological polar surface area (TPSA) is 12.0 Å². The molecule has 0 saturated heterocycles. The van der Waals surface area contributed by atoms with E-state index >= 15 is 0 Å². The predicted octanol–water partition coefficient (Wildman–Crippen LogP) is 3.60. The molecule has 1 N–H and O–H groups in total. The van der Waals surface area contributed by atoms with Crippen molar-refractivity contribution in [1.82, 2.24) is 5.32 Å². The molecule has 0 heterocycles. The minimum Gasteiger partial charge on any atom is -0.317 e. The van der Waals surface area contributed by atoms with Gasteiger partial charge in [-0.05, 0) is 50.8 Å². The van der Waals surface area contributed by atoms with Gasteiger partial charge in [-0.1, -0.05) is 31.2 Å². The zero-order valence-corrected chi connectivity index (χ0v) is 10.2. The number of allylic oxidation sites excluding steroid dienone is 5. The van der Waals surface area contributed by atoms with E-state index in [0.29, 0.717) is 6.04 Å². The van der Waals surface area contributed by atoms with Crippen LogP contribution >= 0.6 is 0 Å². The molecule has 0 aromatic carbocycles. The van der Waals surface area contributed by atoms with E-state index < -0.39 is 0 Å². The van der Waals surface area contributed by atoms with E-state index in [1.165, 1.54) is 30.4 Å². The Bertz CT molecular complexity index is 271. The van der Waals surface area contributed by atoms with E-state index in [4.69, 9.17) is 0 Å². The van der Waals surface area contributed by atoms with Crippen LogP contribution in [0.15, 0.2) is 35.5 Å². The third-order valence-corrected chi connectivity index (χ3v) is 2.97. The molecule has 0 aromatic rings. The fourth-order valence-corrected chi connectivity index (χ4v) is 2.06. The largest absolute Gasteiger partial charge is 0.317 e. The van der Waals surface area contributed by atoms with Crippen LogP contribution in [0.2, 0.25) is 0 Å². The second-order valence-electron chi connectivity index (χ2n) is 4.09. The second-order valence-corrected chi connectivity index (χ2v) is 4.09. The molecule has 1 unspecified atom stereocenters. The molecule has 1 atom stereocenters. The Labute approximate surface area is 94.0 Å². The Morgan fingerprint density at radius 2 is 2.13 bits per heavy atom. The summed E-state index contributed by atoms with van der Waals surface area (Å²) >= 11 is 0. The Kier molecular flexibility index (Phi) is 5.41. The Hall–Kier alpha value is -0.820. The van der Waals surface area contributed by atoms with E-state index in [0.717, 1.165) is 6.42 Å². The monoisotopic (exact) mass is 205 g/mol. The first kappa shape index (κ1) is 12.3. The van der Waals surface area contributed by atoms with Crippen molar-refractivity contribution >= 4 is 0 Å². The quantitative estimate of drug-likeness (QED) is 0.739. The molecule has 0 aliphatic heterocycles. The number of nitrogens with one attached hydrogen (secondary N) is 1. The van der Waals surface area contributed by atoms with E-state index in [1.807, 2.05) is 0 Å². The van der Waals surface area contributed by atoms with Crippen LogP contribution < -0.4 is 5.32 Å². The lowest BCUT2D eigenvalue weighted by molar-refractivity contribution is 0.501. The maximum atomic E-state index is 3.38. The molecule has 84 valence electrons. The number of hydrogen-bond acceptors (Lipinski definition) is 1. The van der Waals surface area contributed by atoms with E-state index in [1.54, 1.807) is 0 Å². The number of hydrogen-bond donors (Lipinski definition) is 1. The van der Waals surface area contributed by atoms with Crippen LogP contribution in [-0.2, 0) is 0 Å². The van der Waals surface area contributed by atoms with Crippen LogP contribution in [0.1, 0.15) is 39.5 Å². The molecule has 1 rings (SSSR count). The van der Waals surface area contributed by atoms with Gasteiger partial charge in [-0.25, -0.2) is 0 Å². The molecular weight excluding hydrogens is 182 g/mol. The predicted molar refractivity (Wildman–Crippen MR) is 68.0 cm³/mol. The zero-order valence-electron chi connectivity index (χ0n) is 10.2. The van der Waals surface area contributed by atoms with Crippen molar-refractivity contribution in [3.8, 4) is 0 Å². The van der Waals surface area contributed by atoms with Crippen LogP contribution in [0, 0.1) is 0 Å². The number of rotatable bonds is 4. The summed E-state index contributed by atoms with van der Waals surface area (Å²) in [6.07, 6.45) is 13.8. The smallest absolute Gasteiger partial charge is 0.0108 e. The van der Waals surface area contributed by atoms with Crippen molar-refractivity contribution in [1.29, 1.82) is 0 Å². The Morgan fingerprint density at radius 3 is 2.73 bits per heavy atom. The summed E-state index contributed by atoms with van der Waals surface area (Å²) in [7, 11) is 2.06. The molecule has 0 aromatic heterocycles. The highest BCUT2D eigenvalue weighted by molar-refractivity contribution is 5.35. The van der Waals surface area contributed by atoms with Crippen LogP contribution in [0.5, 0.6) is 0 Å². The second kappa shape index (κ2) is 6.62. The van der Waals surface area contributed by atoms with Gasteiger partial charge in [0.15, 0.2) is 0 Å². The van der Waals surface area contributed by atoms with Gasteiger partial charge < -0.3 is 5.32 Å². The molecule has 1 aliphatic rings.